The van der Waals surface area contributed by atoms with Gasteiger partial charge >= 0.3 is 0 Å². The highest BCUT2D eigenvalue weighted by atomic mass is 32.1. The van der Waals surface area contributed by atoms with E-state index in [0.717, 1.165) is 11.4 Å². The number of hydrogen-bond donors (Lipinski definition) is 1. The van der Waals surface area contributed by atoms with Crippen molar-refractivity contribution in [1.82, 2.24) is 24.6 Å². The Morgan fingerprint density at radius 3 is 2.53 bits per heavy atom. The van der Waals surface area contributed by atoms with Gasteiger partial charge in [-0.25, -0.2) is 14.6 Å². The molecule has 196 valence electrons. The van der Waals surface area contributed by atoms with Gasteiger partial charge in [-0.1, -0.05) is 0 Å². The first-order valence-electron chi connectivity index (χ1n) is 12.3. The number of nitrogens with one attached hydrogen (secondary N) is 1. The van der Waals surface area contributed by atoms with E-state index in [1.54, 1.807) is 39.4 Å². The second-order valence-corrected chi connectivity index (χ2v) is 10.1. The summed E-state index contributed by atoms with van der Waals surface area (Å²) in [5.41, 5.74) is 1.22. The Hall–Kier alpha value is -4.25. The van der Waals surface area contributed by atoms with E-state index in [-0.39, 0.29) is 17.9 Å². The van der Waals surface area contributed by atoms with Gasteiger partial charge in [0.05, 0.1) is 0 Å². The lowest BCUT2D eigenvalue weighted by Gasteiger charge is -2.21. The van der Waals surface area contributed by atoms with E-state index in [1.807, 2.05) is 52.1 Å². The molecule has 1 unspecified atom stereocenters. The normalized spacial score (nSPS) is 15.2. The number of hydrogen-bond acceptors (Lipinski definition) is 8. The van der Waals surface area contributed by atoms with Crippen LogP contribution in [0.4, 0.5) is 5.13 Å². The van der Waals surface area contributed by atoms with Crippen LogP contribution in [-0.2, 0) is 11.8 Å². The minimum absolute atomic E-state index is 0.0605. The van der Waals surface area contributed by atoms with Crippen LogP contribution in [0.3, 0.4) is 0 Å². The molecule has 11 heteroatoms. The molecule has 1 fully saturated rings. The highest BCUT2D eigenvalue weighted by molar-refractivity contribution is 7.13. The summed E-state index contributed by atoms with van der Waals surface area (Å²) >= 11 is 1.32. The lowest BCUT2D eigenvalue weighted by Crippen LogP contribution is -2.36. The van der Waals surface area contributed by atoms with Crippen molar-refractivity contribution in [2.24, 2.45) is 7.05 Å². The zero-order valence-corrected chi connectivity index (χ0v) is 22.4. The number of amides is 2. The molecule has 4 aromatic rings. The van der Waals surface area contributed by atoms with Crippen molar-refractivity contribution in [3.05, 3.63) is 65.4 Å². The number of carbonyl (C=O) groups is 2. The maximum Gasteiger partial charge on any atom is 0.263 e. The van der Waals surface area contributed by atoms with Gasteiger partial charge in [0.25, 0.3) is 11.8 Å². The summed E-state index contributed by atoms with van der Waals surface area (Å²) < 4.78 is 13.9. The first kappa shape index (κ1) is 25.4. The van der Waals surface area contributed by atoms with Gasteiger partial charge in [-0.05, 0) is 57.2 Å². The number of likely N-dealkylation sites (tertiary alicyclic amines) is 1. The number of benzene rings is 2. The molecule has 1 aliphatic rings. The van der Waals surface area contributed by atoms with Crippen LogP contribution in [0.5, 0.6) is 17.2 Å². The third kappa shape index (κ3) is 5.52. The molecule has 3 heterocycles. The zero-order valence-electron chi connectivity index (χ0n) is 21.5. The van der Waals surface area contributed by atoms with Crippen LogP contribution in [0, 0.1) is 6.92 Å². The van der Waals surface area contributed by atoms with Crippen LogP contribution in [0.1, 0.15) is 36.5 Å². The number of aryl methyl sites for hydroxylation is 2. The van der Waals surface area contributed by atoms with E-state index < -0.39 is 6.10 Å². The largest absolute Gasteiger partial charge is 0.480 e. The van der Waals surface area contributed by atoms with E-state index in [0.29, 0.717) is 46.7 Å². The van der Waals surface area contributed by atoms with Crippen LogP contribution in [0.15, 0.2) is 54.0 Å². The maximum atomic E-state index is 13.0. The van der Waals surface area contributed by atoms with Gasteiger partial charge in [0.15, 0.2) is 17.1 Å². The Morgan fingerprint density at radius 2 is 1.89 bits per heavy atom. The van der Waals surface area contributed by atoms with E-state index in [2.05, 4.69) is 20.4 Å². The van der Waals surface area contributed by atoms with E-state index in [1.165, 1.54) is 11.3 Å². The molecule has 10 nitrogen and oxygen atoms in total. The lowest BCUT2D eigenvalue weighted by atomic mass is 10.1. The molecule has 5 rings (SSSR count). The average molecular weight is 533 g/mol. The standard InChI is InChI=1S/C27H28N6O4S/c1-16(2)33-11-9-23(26(33)35)37-22-14-19(25(34)30-27-28-10-12-38-27)13-21(15-22)36-20-7-5-18(6-8-20)24-29-17(3)31-32(24)4/h5-8,10,12-16,23H,9,11H2,1-4H3,(H,28,30,34). The molecule has 2 amide bonds. The molecule has 0 aliphatic carbocycles. The molecule has 2 aromatic carbocycles. The molecule has 0 spiro atoms. The number of aromatic nitrogens is 4. The van der Waals surface area contributed by atoms with Crippen molar-refractivity contribution in [2.75, 3.05) is 11.9 Å². The fourth-order valence-corrected chi connectivity index (χ4v) is 4.84. The van der Waals surface area contributed by atoms with E-state index in [9.17, 15) is 9.59 Å². The molecule has 1 N–H and O–H groups in total. The van der Waals surface area contributed by atoms with Crippen LogP contribution >= 0.6 is 11.3 Å². The fraction of sp³-hybridized carbons (Fsp3) is 0.296. The van der Waals surface area contributed by atoms with Crippen molar-refractivity contribution >= 4 is 28.3 Å². The number of carbonyl (C=O) groups excluding carboxylic acids is 2. The van der Waals surface area contributed by atoms with Crippen LogP contribution in [0.25, 0.3) is 11.4 Å². The monoisotopic (exact) mass is 532 g/mol. The topological polar surface area (TPSA) is 111 Å². The smallest absolute Gasteiger partial charge is 0.263 e. The number of anilines is 1. The summed E-state index contributed by atoms with van der Waals surface area (Å²) in [7, 11) is 1.85. The minimum Gasteiger partial charge on any atom is -0.480 e. The van der Waals surface area contributed by atoms with Crippen molar-refractivity contribution in [1.29, 1.82) is 0 Å². The minimum atomic E-state index is -0.614. The van der Waals surface area contributed by atoms with Gasteiger partial charge in [-0.3, -0.25) is 14.9 Å². The molecule has 1 atom stereocenters. The van der Waals surface area contributed by atoms with Crippen molar-refractivity contribution in [3.63, 3.8) is 0 Å². The van der Waals surface area contributed by atoms with Crippen LogP contribution in [0.2, 0.25) is 0 Å². The second kappa shape index (κ2) is 10.6. The Balaban J connectivity index is 1.40. The molecule has 1 aliphatic heterocycles. The van der Waals surface area contributed by atoms with E-state index in [4.69, 9.17) is 9.47 Å². The second-order valence-electron chi connectivity index (χ2n) is 9.24. The Bertz CT molecular complexity index is 1450. The Morgan fingerprint density at radius 1 is 1.13 bits per heavy atom. The summed E-state index contributed by atoms with van der Waals surface area (Å²) in [6.07, 6.45) is 1.58. The van der Waals surface area contributed by atoms with E-state index >= 15 is 0 Å². The summed E-state index contributed by atoms with van der Waals surface area (Å²) in [4.78, 5) is 36.2. The molecular formula is C27H28N6O4S. The maximum absolute atomic E-state index is 13.0. The first-order valence-corrected chi connectivity index (χ1v) is 13.1. The number of ether oxygens (including phenoxy) is 2. The third-order valence-corrected chi connectivity index (χ3v) is 6.79. The predicted octanol–water partition coefficient (Wildman–Crippen LogP) is 4.68. The number of rotatable bonds is 8. The van der Waals surface area contributed by atoms with Gasteiger partial charge < -0.3 is 14.4 Å². The summed E-state index contributed by atoms with van der Waals surface area (Å²) in [5, 5.41) is 9.34. The average Bonchev–Trinajstić information content (AvgIpc) is 3.60. The Labute approximate surface area is 224 Å². The molecule has 0 saturated carbocycles. The van der Waals surface area contributed by atoms with Gasteiger partial charge in [-0.2, -0.15) is 5.10 Å². The molecule has 1 saturated heterocycles. The van der Waals surface area contributed by atoms with Crippen molar-refractivity contribution < 1.29 is 19.1 Å². The predicted molar refractivity (Wildman–Crippen MR) is 144 cm³/mol. The molecule has 38 heavy (non-hydrogen) atoms. The number of nitrogens with zero attached hydrogens (tertiary/aromatic N) is 5. The highest BCUT2D eigenvalue weighted by Gasteiger charge is 2.34. The molecule has 0 radical (unpaired) electrons. The SMILES string of the molecule is Cc1nc(-c2ccc(Oc3cc(OC4CCN(C(C)C)C4=O)cc(C(=O)Nc4nccs4)c3)cc2)n(C)n1. The Kier molecular flexibility index (Phi) is 7.10. The zero-order chi connectivity index (χ0) is 26.8. The van der Waals surface area contributed by atoms with Crippen LogP contribution in [-0.4, -0.2) is 55.2 Å². The molecular weight excluding hydrogens is 504 g/mol. The van der Waals surface area contributed by atoms with Gasteiger partial charge in [-0.15, -0.1) is 11.3 Å². The third-order valence-electron chi connectivity index (χ3n) is 6.10. The highest BCUT2D eigenvalue weighted by Crippen LogP contribution is 2.31. The van der Waals surface area contributed by atoms with Crippen molar-refractivity contribution in [2.45, 2.75) is 39.3 Å². The number of thiazole rings is 1. The van der Waals surface area contributed by atoms with Crippen LogP contribution < -0.4 is 14.8 Å². The first-order chi connectivity index (χ1) is 18.3. The quantitative estimate of drug-likeness (QED) is 0.351. The lowest BCUT2D eigenvalue weighted by molar-refractivity contribution is -0.134. The molecule has 2 aromatic heterocycles. The van der Waals surface area contributed by atoms with Gasteiger partial charge in [0.2, 0.25) is 0 Å². The van der Waals surface area contributed by atoms with Crippen molar-refractivity contribution in [3.8, 4) is 28.6 Å². The van der Waals surface area contributed by atoms with Gasteiger partial charge in [0, 0.05) is 54.8 Å². The summed E-state index contributed by atoms with van der Waals surface area (Å²) in [6, 6.07) is 12.5. The summed E-state index contributed by atoms with van der Waals surface area (Å²) in [6.45, 7) is 6.43. The molecule has 0 bridgehead atoms. The van der Waals surface area contributed by atoms with Gasteiger partial charge in [0.1, 0.15) is 23.1 Å². The summed E-state index contributed by atoms with van der Waals surface area (Å²) in [5.74, 6) is 2.38. The fourth-order valence-electron chi connectivity index (χ4n) is 4.32.